The fraction of sp³-hybridized carbons (Fsp3) is 0.273. The molecule has 0 saturated carbocycles. The van der Waals surface area contributed by atoms with Gasteiger partial charge in [0.2, 0.25) is 0 Å². The summed E-state index contributed by atoms with van der Waals surface area (Å²) in [6.45, 7) is 1.30. The molecule has 1 saturated heterocycles. The van der Waals surface area contributed by atoms with Crippen molar-refractivity contribution in [1.29, 1.82) is 0 Å². The number of benzene rings is 1. The van der Waals surface area contributed by atoms with Gasteiger partial charge in [-0.15, -0.1) is 0 Å². The summed E-state index contributed by atoms with van der Waals surface area (Å²) in [6, 6.07) is 8.44. The average molecular weight is 220 g/mol. The van der Waals surface area contributed by atoms with Gasteiger partial charge in [0.05, 0.1) is 5.56 Å². The Balaban J connectivity index is 1.94. The molecular formula is C11H12N2O3. The van der Waals surface area contributed by atoms with Crippen molar-refractivity contribution >= 4 is 12.1 Å². The first-order valence-electron chi connectivity index (χ1n) is 5.09. The molecule has 0 spiro atoms. The summed E-state index contributed by atoms with van der Waals surface area (Å²) in [4.78, 5) is 23.0. The molecule has 1 aliphatic heterocycles. The van der Waals surface area contributed by atoms with Gasteiger partial charge in [-0.3, -0.25) is 0 Å². The van der Waals surface area contributed by atoms with Crippen molar-refractivity contribution in [2.45, 2.75) is 6.42 Å². The maximum absolute atomic E-state index is 11.5. The van der Waals surface area contributed by atoms with Gasteiger partial charge in [0.1, 0.15) is 0 Å². The molecule has 0 aliphatic carbocycles. The van der Waals surface area contributed by atoms with Crippen LogP contribution >= 0.6 is 0 Å². The highest BCUT2D eigenvalue weighted by Crippen LogP contribution is 2.04. The number of ether oxygens (including phenoxy) is 1. The Bertz CT molecular complexity index is 385. The van der Waals surface area contributed by atoms with E-state index in [0.717, 1.165) is 13.0 Å². The van der Waals surface area contributed by atoms with E-state index in [1.165, 1.54) is 5.01 Å². The Hall–Kier alpha value is -1.88. The zero-order chi connectivity index (χ0) is 11.4. The quantitative estimate of drug-likeness (QED) is 0.570. The third-order valence-corrected chi connectivity index (χ3v) is 2.27. The van der Waals surface area contributed by atoms with E-state index >= 15 is 0 Å². The molecule has 84 valence electrons. The molecule has 0 bridgehead atoms. The van der Waals surface area contributed by atoms with E-state index in [1.807, 2.05) is 0 Å². The topological polar surface area (TPSA) is 58.6 Å². The molecular weight excluding hydrogens is 208 g/mol. The summed E-state index contributed by atoms with van der Waals surface area (Å²) in [5, 5.41) is 1.31. The number of hydrogen-bond acceptors (Lipinski definition) is 4. The van der Waals surface area contributed by atoms with Crippen LogP contribution in [0.4, 0.5) is 4.79 Å². The number of nitrogens with one attached hydrogen (secondary N) is 1. The molecule has 1 aromatic rings. The second-order valence-corrected chi connectivity index (χ2v) is 3.43. The summed E-state index contributed by atoms with van der Waals surface area (Å²) in [7, 11) is 0. The van der Waals surface area contributed by atoms with Crippen LogP contribution in [0, 0.1) is 0 Å². The van der Waals surface area contributed by atoms with Crippen LogP contribution in [0.25, 0.3) is 0 Å². The Labute approximate surface area is 93.0 Å². The number of rotatable bonds is 1. The predicted molar refractivity (Wildman–Crippen MR) is 56.6 cm³/mol. The van der Waals surface area contributed by atoms with Crippen LogP contribution in [0.5, 0.6) is 0 Å². The van der Waals surface area contributed by atoms with Gasteiger partial charge in [-0.1, -0.05) is 18.2 Å². The second kappa shape index (κ2) is 4.76. The van der Waals surface area contributed by atoms with Crippen LogP contribution in [0.1, 0.15) is 16.8 Å². The minimum absolute atomic E-state index is 0.370. The average Bonchev–Trinajstić information content (AvgIpc) is 2.83. The maximum Gasteiger partial charge on any atom is 0.432 e. The lowest BCUT2D eigenvalue weighted by Crippen LogP contribution is -2.38. The van der Waals surface area contributed by atoms with E-state index in [4.69, 9.17) is 4.74 Å². The van der Waals surface area contributed by atoms with Gasteiger partial charge >= 0.3 is 12.1 Å². The summed E-state index contributed by atoms with van der Waals surface area (Å²) < 4.78 is 4.71. The predicted octanol–water partition coefficient (Wildman–Crippen LogP) is 1.17. The van der Waals surface area contributed by atoms with Crippen molar-refractivity contribution in [2.24, 2.45) is 0 Å². The van der Waals surface area contributed by atoms with Gasteiger partial charge in [-0.05, 0) is 18.6 Å². The Morgan fingerprint density at radius 2 is 2.00 bits per heavy atom. The summed E-state index contributed by atoms with van der Waals surface area (Å²) in [5.74, 6) is -0.626. The molecule has 0 radical (unpaired) electrons. The SMILES string of the molecule is O=C(OC(=O)N1CCCN1)c1ccccc1. The molecule has 1 heterocycles. The van der Waals surface area contributed by atoms with E-state index in [2.05, 4.69) is 5.43 Å². The number of esters is 1. The third-order valence-electron chi connectivity index (χ3n) is 2.27. The molecule has 1 aromatic carbocycles. The minimum Gasteiger partial charge on any atom is -0.371 e. The van der Waals surface area contributed by atoms with E-state index < -0.39 is 12.1 Å². The number of carbonyl (C=O) groups is 2. The van der Waals surface area contributed by atoms with Gasteiger partial charge in [0, 0.05) is 13.1 Å². The summed E-state index contributed by atoms with van der Waals surface area (Å²) in [5.41, 5.74) is 3.19. The van der Waals surface area contributed by atoms with Crippen LogP contribution in [-0.4, -0.2) is 30.2 Å². The lowest BCUT2D eigenvalue weighted by atomic mass is 10.2. The van der Waals surface area contributed by atoms with Gasteiger partial charge < -0.3 is 4.74 Å². The normalized spacial score (nSPS) is 14.9. The van der Waals surface area contributed by atoms with Crippen LogP contribution < -0.4 is 5.43 Å². The maximum atomic E-state index is 11.5. The molecule has 0 aromatic heterocycles. The number of amides is 1. The van der Waals surface area contributed by atoms with E-state index in [-0.39, 0.29) is 0 Å². The zero-order valence-corrected chi connectivity index (χ0v) is 8.68. The summed E-state index contributed by atoms with van der Waals surface area (Å²) in [6.07, 6.45) is 0.223. The van der Waals surface area contributed by atoms with E-state index in [0.29, 0.717) is 12.1 Å². The second-order valence-electron chi connectivity index (χ2n) is 3.43. The fourth-order valence-corrected chi connectivity index (χ4v) is 1.45. The Morgan fingerprint density at radius 1 is 1.25 bits per heavy atom. The van der Waals surface area contributed by atoms with E-state index in [1.54, 1.807) is 30.3 Å². The molecule has 0 atom stereocenters. The zero-order valence-electron chi connectivity index (χ0n) is 8.68. The first kappa shape index (κ1) is 10.6. The number of carbonyl (C=O) groups excluding carboxylic acids is 2. The van der Waals surface area contributed by atoms with Crippen LogP contribution in [0.3, 0.4) is 0 Å². The molecule has 5 nitrogen and oxygen atoms in total. The van der Waals surface area contributed by atoms with Gasteiger partial charge in [-0.25, -0.2) is 20.0 Å². The lowest BCUT2D eigenvalue weighted by molar-refractivity contribution is 0.0527. The first-order chi connectivity index (χ1) is 7.77. The molecule has 0 unspecified atom stereocenters. The summed E-state index contributed by atoms with van der Waals surface area (Å²) >= 11 is 0. The molecule has 1 N–H and O–H groups in total. The molecule has 2 rings (SSSR count). The molecule has 1 fully saturated rings. The van der Waals surface area contributed by atoms with Gasteiger partial charge in [0.15, 0.2) is 0 Å². The molecule has 16 heavy (non-hydrogen) atoms. The van der Waals surface area contributed by atoms with E-state index in [9.17, 15) is 9.59 Å². The van der Waals surface area contributed by atoms with Crippen molar-refractivity contribution in [2.75, 3.05) is 13.1 Å². The molecule has 1 amide bonds. The van der Waals surface area contributed by atoms with Crippen LogP contribution in [-0.2, 0) is 4.74 Å². The van der Waals surface area contributed by atoms with Gasteiger partial charge in [0.25, 0.3) is 0 Å². The van der Waals surface area contributed by atoms with Crippen LogP contribution in [0.15, 0.2) is 30.3 Å². The highest BCUT2D eigenvalue weighted by atomic mass is 16.6. The van der Waals surface area contributed by atoms with Crippen molar-refractivity contribution in [3.63, 3.8) is 0 Å². The minimum atomic E-state index is -0.647. The van der Waals surface area contributed by atoms with Gasteiger partial charge in [-0.2, -0.15) is 0 Å². The number of hydrazine groups is 1. The van der Waals surface area contributed by atoms with Crippen molar-refractivity contribution < 1.29 is 14.3 Å². The third kappa shape index (κ3) is 2.38. The number of hydrogen-bond donors (Lipinski definition) is 1. The van der Waals surface area contributed by atoms with Crippen molar-refractivity contribution in [3.05, 3.63) is 35.9 Å². The van der Waals surface area contributed by atoms with Crippen LogP contribution in [0.2, 0.25) is 0 Å². The first-order valence-corrected chi connectivity index (χ1v) is 5.09. The highest BCUT2D eigenvalue weighted by molar-refractivity contribution is 5.96. The standard InChI is InChI=1S/C11H12N2O3/c14-10(9-5-2-1-3-6-9)16-11(15)13-8-4-7-12-13/h1-3,5-6,12H,4,7-8H2. The lowest BCUT2D eigenvalue weighted by Gasteiger charge is -2.13. The smallest absolute Gasteiger partial charge is 0.371 e. The molecule has 1 aliphatic rings. The Kier molecular flexibility index (Phi) is 3.16. The highest BCUT2D eigenvalue weighted by Gasteiger charge is 2.22. The number of nitrogens with zero attached hydrogens (tertiary/aromatic N) is 1. The fourth-order valence-electron chi connectivity index (χ4n) is 1.45. The largest absolute Gasteiger partial charge is 0.432 e. The van der Waals surface area contributed by atoms with Crippen molar-refractivity contribution in [3.8, 4) is 0 Å². The monoisotopic (exact) mass is 220 g/mol. The Morgan fingerprint density at radius 3 is 2.62 bits per heavy atom. The van der Waals surface area contributed by atoms with Crippen molar-refractivity contribution in [1.82, 2.24) is 10.4 Å². The molecule has 5 heteroatoms.